The van der Waals surface area contributed by atoms with Gasteiger partial charge in [0.1, 0.15) is 4.90 Å². The van der Waals surface area contributed by atoms with Crippen LogP contribution in [0.15, 0.2) is 23.1 Å². The van der Waals surface area contributed by atoms with Crippen LogP contribution in [0, 0.1) is 23.2 Å². The van der Waals surface area contributed by atoms with Crippen molar-refractivity contribution in [3.8, 4) is 17.9 Å². The number of rotatable bonds is 1. The Bertz CT molecular complexity index is 606. The normalized spacial score (nSPS) is 10.1. The first kappa shape index (κ1) is 12.5. The van der Waals surface area contributed by atoms with Gasteiger partial charge in [0.2, 0.25) is 10.0 Å². The van der Waals surface area contributed by atoms with Crippen molar-refractivity contribution in [1.82, 2.24) is 0 Å². The number of nitriles is 1. The molecule has 0 aliphatic rings. The molecule has 82 valence electrons. The van der Waals surface area contributed by atoms with Gasteiger partial charge in [-0.2, -0.15) is 5.26 Å². The van der Waals surface area contributed by atoms with Gasteiger partial charge in [-0.1, -0.05) is 23.4 Å². The molecule has 0 bridgehead atoms. The maximum Gasteiger partial charge on any atom is 0.239 e. The fourth-order valence-corrected chi connectivity index (χ4v) is 2.09. The quantitative estimate of drug-likeness (QED) is 0.766. The van der Waals surface area contributed by atoms with Crippen LogP contribution in [0.1, 0.15) is 12.0 Å². The highest BCUT2D eigenvalue weighted by atomic mass is 35.5. The van der Waals surface area contributed by atoms with Gasteiger partial charge < -0.3 is 0 Å². The Morgan fingerprint density at radius 1 is 1.44 bits per heavy atom. The molecule has 1 aromatic rings. The lowest BCUT2D eigenvalue weighted by Gasteiger charge is -2.01. The van der Waals surface area contributed by atoms with Gasteiger partial charge in [-0.3, -0.25) is 0 Å². The molecule has 0 saturated heterocycles. The molecule has 1 aromatic carbocycles. The van der Waals surface area contributed by atoms with Gasteiger partial charge in [-0.15, -0.1) is 0 Å². The van der Waals surface area contributed by atoms with E-state index in [4.69, 9.17) is 22.0 Å². The lowest BCUT2D eigenvalue weighted by Crippen LogP contribution is -2.12. The minimum absolute atomic E-state index is 0.0197. The van der Waals surface area contributed by atoms with E-state index >= 15 is 0 Å². The Hall–Kier alpha value is -1.53. The van der Waals surface area contributed by atoms with Crippen molar-refractivity contribution in [3.05, 3.63) is 28.8 Å². The lowest BCUT2D eigenvalue weighted by molar-refractivity contribution is 0.598. The highest BCUT2D eigenvalue weighted by Gasteiger charge is 2.12. The smallest absolute Gasteiger partial charge is 0.225 e. The van der Waals surface area contributed by atoms with Crippen LogP contribution >= 0.6 is 11.6 Å². The summed E-state index contributed by atoms with van der Waals surface area (Å²) in [6, 6.07) is 6.03. The third-order valence-corrected chi connectivity index (χ3v) is 3.03. The summed E-state index contributed by atoms with van der Waals surface area (Å²) in [6.07, 6.45) is 0.106. The molecule has 16 heavy (non-hydrogen) atoms. The van der Waals surface area contributed by atoms with Crippen molar-refractivity contribution in [2.75, 3.05) is 0 Å². The molecule has 0 saturated carbocycles. The number of primary sulfonamides is 1. The van der Waals surface area contributed by atoms with E-state index in [-0.39, 0.29) is 16.3 Å². The molecule has 0 atom stereocenters. The van der Waals surface area contributed by atoms with Crippen molar-refractivity contribution in [3.63, 3.8) is 0 Å². The van der Waals surface area contributed by atoms with Gasteiger partial charge >= 0.3 is 0 Å². The zero-order valence-electron chi connectivity index (χ0n) is 8.07. The molecule has 4 nitrogen and oxygen atoms in total. The van der Waals surface area contributed by atoms with Crippen LogP contribution in [-0.4, -0.2) is 8.42 Å². The highest BCUT2D eigenvalue weighted by molar-refractivity contribution is 7.89. The molecule has 0 aromatic heterocycles. The SMILES string of the molecule is N#CCC#Cc1ccc(S(N)(=O)=O)c(Cl)c1. The first-order chi connectivity index (χ1) is 7.45. The second kappa shape index (κ2) is 5.00. The third kappa shape index (κ3) is 3.25. The molecule has 1 rings (SSSR count). The second-order valence-corrected chi connectivity index (χ2v) is 4.76. The zero-order chi connectivity index (χ0) is 12.2. The Morgan fingerprint density at radius 2 is 2.12 bits per heavy atom. The van der Waals surface area contributed by atoms with Gasteiger partial charge in [-0.25, -0.2) is 13.6 Å². The maximum atomic E-state index is 11.0. The number of hydrogen-bond acceptors (Lipinski definition) is 3. The van der Waals surface area contributed by atoms with Gasteiger partial charge in [-0.05, 0) is 18.2 Å². The van der Waals surface area contributed by atoms with Gasteiger partial charge in [0, 0.05) is 5.56 Å². The van der Waals surface area contributed by atoms with Crippen molar-refractivity contribution in [2.45, 2.75) is 11.3 Å². The number of hydrogen-bond donors (Lipinski definition) is 1. The van der Waals surface area contributed by atoms with E-state index in [1.54, 1.807) is 0 Å². The zero-order valence-corrected chi connectivity index (χ0v) is 9.64. The summed E-state index contributed by atoms with van der Waals surface area (Å²) in [6.45, 7) is 0. The summed E-state index contributed by atoms with van der Waals surface area (Å²) in [7, 11) is -3.81. The summed E-state index contributed by atoms with van der Waals surface area (Å²) in [5.41, 5.74) is 0.535. The van der Waals surface area contributed by atoms with E-state index in [0.717, 1.165) is 0 Å². The van der Waals surface area contributed by atoms with Crippen LogP contribution in [0.25, 0.3) is 0 Å². The third-order valence-electron chi connectivity index (χ3n) is 1.64. The Labute approximate surface area is 98.7 Å². The fraction of sp³-hybridized carbons (Fsp3) is 0.100. The first-order valence-corrected chi connectivity index (χ1v) is 6.06. The predicted molar refractivity (Wildman–Crippen MR) is 59.9 cm³/mol. The Kier molecular flexibility index (Phi) is 3.92. The molecule has 0 aliphatic carbocycles. The van der Waals surface area contributed by atoms with Gasteiger partial charge in [0.15, 0.2) is 0 Å². The molecule has 2 N–H and O–H groups in total. The van der Waals surface area contributed by atoms with Crippen molar-refractivity contribution < 1.29 is 8.42 Å². The summed E-state index contributed by atoms with van der Waals surface area (Å²) >= 11 is 5.73. The van der Waals surface area contributed by atoms with E-state index in [1.165, 1.54) is 18.2 Å². The lowest BCUT2D eigenvalue weighted by atomic mass is 10.2. The summed E-state index contributed by atoms with van der Waals surface area (Å²) in [5, 5.41) is 13.2. The summed E-state index contributed by atoms with van der Waals surface area (Å²) in [4.78, 5) is -0.139. The number of sulfonamides is 1. The second-order valence-electron chi connectivity index (χ2n) is 2.83. The minimum Gasteiger partial charge on any atom is -0.225 e. The molecule has 0 radical (unpaired) electrons. The van der Waals surface area contributed by atoms with Crippen LogP contribution in [0.5, 0.6) is 0 Å². The van der Waals surface area contributed by atoms with E-state index < -0.39 is 10.0 Å². The molecule has 6 heteroatoms. The number of nitrogens with two attached hydrogens (primary N) is 1. The van der Waals surface area contributed by atoms with E-state index in [1.807, 2.05) is 6.07 Å². The Morgan fingerprint density at radius 3 is 2.62 bits per heavy atom. The van der Waals surface area contributed by atoms with Gasteiger partial charge in [0.05, 0.1) is 17.5 Å². The van der Waals surface area contributed by atoms with Crippen molar-refractivity contribution in [1.29, 1.82) is 5.26 Å². The standard InChI is InChI=1S/C10H7ClN2O2S/c11-9-7-8(3-1-2-6-12)4-5-10(9)16(13,14)15/h4-5,7H,2H2,(H2,13,14,15). The van der Waals surface area contributed by atoms with E-state index in [2.05, 4.69) is 11.8 Å². The molecule has 0 unspecified atom stereocenters. The monoisotopic (exact) mass is 254 g/mol. The summed E-state index contributed by atoms with van der Waals surface area (Å²) in [5.74, 6) is 5.26. The van der Waals surface area contributed by atoms with Crippen LogP contribution in [0.2, 0.25) is 5.02 Å². The number of halogens is 1. The van der Waals surface area contributed by atoms with E-state index in [0.29, 0.717) is 5.56 Å². The molecular formula is C10H7ClN2O2S. The number of nitrogens with zero attached hydrogens (tertiary/aromatic N) is 1. The summed E-state index contributed by atoms with van der Waals surface area (Å²) < 4.78 is 22.1. The number of benzene rings is 1. The molecule has 0 spiro atoms. The van der Waals surface area contributed by atoms with Crippen LogP contribution in [0.3, 0.4) is 0 Å². The average Bonchev–Trinajstić information content (AvgIpc) is 2.16. The molecule has 0 aliphatic heterocycles. The van der Waals surface area contributed by atoms with Crippen molar-refractivity contribution >= 4 is 21.6 Å². The Balaban J connectivity index is 3.13. The largest absolute Gasteiger partial charge is 0.239 e. The maximum absolute atomic E-state index is 11.0. The van der Waals surface area contributed by atoms with E-state index in [9.17, 15) is 8.42 Å². The van der Waals surface area contributed by atoms with Gasteiger partial charge in [0.25, 0.3) is 0 Å². The van der Waals surface area contributed by atoms with Crippen LogP contribution in [0.4, 0.5) is 0 Å². The first-order valence-electron chi connectivity index (χ1n) is 4.13. The molecular weight excluding hydrogens is 248 g/mol. The average molecular weight is 255 g/mol. The van der Waals surface area contributed by atoms with Crippen LogP contribution in [-0.2, 0) is 10.0 Å². The molecule has 0 heterocycles. The van der Waals surface area contributed by atoms with Crippen LogP contribution < -0.4 is 5.14 Å². The minimum atomic E-state index is -3.81. The predicted octanol–water partition coefficient (Wildman–Crippen LogP) is 1.25. The molecule has 0 amide bonds. The topological polar surface area (TPSA) is 83.9 Å². The van der Waals surface area contributed by atoms with Crippen molar-refractivity contribution in [2.24, 2.45) is 5.14 Å². The highest BCUT2D eigenvalue weighted by Crippen LogP contribution is 2.20. The fourth-order valence-electron chi connectivity index (χ4n) is 0.995. The molecule has 0 fully saturated rings.